The summed E-state index contributed by atoms with van der Waals surface area (Å²) < 4.78 is 0.973. The summed E-state index contributed by atoms with van der Waals surface area (Å²) in [7, 11) is 1.89. The fraction of sp³-hybridized carbons (Fsp3) is 0.438. The van der Waals surface area contributed by atoms with Gasteiger partial charge in [-0.15, -0.1) is 11.3 Å². The summed E-state index contributed by atoms with van der Waals surface area (Å²) in [6.45, 7) is 0. The van der Waals surface area contributed by atoms with Crippen LogP contribution in [-0.2, 0) is 0 Å². The molecule has 1 aromatic carbocycles. The smallest absolute Gasteiger partial charge is 0.266 e. The third kappa shape index (κ3) is 2.62. The number of nitrogens with zero attached hydrogens (tertiary/aromatic N) is 1. The molecule has 0 unspecified atom stereocenters. The molecule has 0 bridgehead atoms. The summed E-state index contributed by atoms with van der Waals surface area (Å²) in [5.41, 5.74) is 6.71. The van der Waals surface area contributed by atoms with Crippen molar-refractivity contribution in [1.29, 1.82) is 0 Å². The minimum absolute atomic E-state index is 0.0247. The van der Waals surface area contributed by atoms with Crippen LogP contribution in [0.2, 0.25) is 5.02 Å². The summed E-state index contributed by atoms with van der Waals surface area (Å²) in [4.78, 5) is 15.2. The van der Waals surface area contributed by atoms with E-state index in [9.17, 15) is 4.79 Å². The lowest BCUT2D eigenvalue weighted by molar-refractivity contribution is 0.0702. The predicted molar refractivity (Wildman–Crippen MR) is 90.2 cm³/mol. The maximum Gasteiger partial charge on any atom is 0.266 e. The van der Waals surface area contributed by atoms with Gasteiger partial charge in [0.1, 0.15) is 4.88 Å². The Bertz CT molecular complexity index is 676. The average Bonchev–Trinajstić information content (AvgIpc) is 2.85. The second-order valence-electron chi connectivity index (χ2n) is 5.67. The van der Waals surface area contributed by atoms with Gasteiger partial charge in [0.05, 0.1) is 10.7 Å². The Morgan fingerprint density at radius 3 is 2.71 bits per heavy atom. The van der Waals surface area contributed by atoms with E-state index in [1.54, 1.807) is 0 Å². The second-order valence-corrected chi connectivity index (χ2v) is 7.13. The molecule has 2 N–H and O–H groups in total. The molecule has 5 heteroatoms. The largest absolute Gasteiger partial charge is 0.397 e. The second kappa shape index (κ2) is 5.85. The van der Waals surface area contributed by atoms with Gasteiger partial charge in [0.15, 0.2) is 0 Å². The summed E-state index contributed by atoms with van der Waals surface area (Å²) >= 11 is 7.65. The van der Waals surface area contributed by atoms with Gasteiger partial charge in [0.2, 0.25) is 0 Å². The molecule has 0 radical (unpaired) electrons. The number of anilines is 1. The highest BCUT2D eigenvalue weighted by atomic mass is 35.5. The van der Waals surface area contributed by atoms with E-state index < -0.39 is 0 Å². The van der Waals surface area contributed by atoms with Crippen LogP contribution >= 0.6 is 22.9 Å². The van der Waals surface area contributed by atoms with Gasteiger partial charge >= 0.3 is 0 Å². The van der Waals surface area contributed by atoms with E-state index in [-0.39, 0.29) is 5.91 Å². The topological polar surface area (TPSA) is 46.3 Å². The van der Waals surface area contributed by atoms with Gasteiger partial charge in [-0.05, 0) is 25.0 Å². The molecule has 1 heterocycles. The van der Waals surface area contributed by atoms with E-state index in [0.29, 0.717) is 21.6 Å². The Morgan fingerprint density at radius 1 is 1.33 bits per heavy atom. The third-order valence-electron chi connectivity index (χ3n) is 4.34. The zero-order chi connectivity index (χ0) is 15.0. The van der Waals surface area contributed by atoms with Crippen LogP contribution in [0.3, 0.4) is 0 Å². The maximum absolute atomic E-state index is 12.8. The number of nitrogen functional groups attached to an aromatic ring is 1. The van der Waals surface area contributed by atoms with Gasteiger partial charge in [-0.3, -0.25) is 4.79 Å². The highest BCUT2D eigenvalue weighted by Gasteiger charge is 2.26. The Hall–Kier alpha value is -1.26. The molecular weight excluding hydrogens is 304 g/mol. The van der Waals surface area contributed by atoms with E-state index in [2.05, 4.69) is 0 Å². The van der Waals surface area contributed by atoms with E-state index in [1.807, 2.05) is 30.1 Å². The lowest BCUT2D eigenvalue weighted by Gasteiger charge is -2.31. The lowest BCUT2D eigenvalue weighted by atomic mass is 9.94. The third-order valence-corrected chi connectivity index (χ3v) is 5.81. The first-order valence-electron chi connectivity index (χ1n) is 7.33. The van der Waals surface area contributed by atoms with Crippen LogP contribution in [-0.4, -0.2) is 23.9 Å². The molecule has 2 aromatic rings. The first kappa shape index (κ1) is 14.7. The Balaban J connectivity index is 1.94. The number of thiophene rings is 1. The number of nitrogens with two attached hydrogens (primary N) is 1. The van der Waals surface area contributed by atoms with Crippen LogP contribution in [0.4, 0.5) is 5.69 Å². The molecule has 0 aliphatic heterocycles. The number of fused-ring (bicyclic) bond motifs is 1. The van der Waals surface area contributed by atoms with Gasteiger partial charge in [0.25, 0.3) is 5.91 Å². The number of hydrogen-bond donors (Lipinski definition) is 1. The highest BCUT2D eigenvalue weighted by molar-refractivity contribution is 7.21. The van der Waals surface area contributed by atoms with Crippen molar-refractivity contribution in [3.05, 3.63) is 28.1 Å². The van der Waals surface area contributed by atoms with Gasteiger partial charge in [0, 0.05) is 23.2 Å². The number of rotatable bonds is 2. The van der Waals surface area contributed by atoms with Crippen molar-refractivity contribution in [2.24, 2.45) is 0 Å². The maximum atomic E-state index is 12.8. The molecule has 3 nitrogen and oxygen atoms in total. The molecule has 0 atom stereocenters. The quantitative estimate of drug-likeness (QED) is 0.882. The molecule has 0 spiro atoms. The number of carbonyl (C=O) groups is 1. The van der Waals surface area contributed by atoms with Crippen molar-refractivity contribution in [2.45, 2.75) is 38.1 Å². The van der Waals surface area contributed by atoms with Gasteiger partial charge in [-0.25, -0.2) is 0 Å². The molecular formula is C16H19ClN2OS. The molecule has 1 saturated carbocycles. The van der Waals surface area contributed by atoms with Crippen molar-refractivity contribution >= 4 is 44.6 Å². The minimum Gasteiger partial charge on any atom is -0.397 e. The molecule has 1 aromatic heterocycles. The van der Waals surface area contributed by atoms with Crippen LogP contribution < -0.4 is 5.73 Å². The number of hydrogen-bond acceptors (Lipinski definition) is 3. The molecule has 21 heavy (non-hydrogen) atoms. The van der Waals surface area contributed by atoms with Crippen molar-refractivity contribution in [3.63, 3.8) is 0 Å². The van der Waals surface area contributed by atoms with Crippen molar-refractivity contribution in [1.82, 2.24) is 4.90 Å². The number of carbonyl (C=O) groups excluding carboxylic acids is 1. The first-order valence-corrected chi connectivity index (χ1v) is 8.52. The molecule has 1 fully saturated rings. The van der Waals surface area contributed by atoms with E-state index in [0.717, 1.165) is 22.9 Å². The fourth-order valence-electron chi connectivity index (χ4n) is 3.08. The molecule has 1 aliphatic rings. The summed E-state index contributed by atoms with van der Waals surface area (Å²) in [6, 6.07) is 6.00. The Labute approximate surface area is 133 Å². The zero-order valence-electron chi connectivity index (χ0n) is 12.1. The summed E-state index contributed by atoms with van der Waals surface area (Å²) in [6.07, 6.45) is 5.87. The van der Waals surface area contributed by atoms with Crippen LogP contribution in [0.1, 0.15) is 41.8 Å². The summed E-state index contributed by atoms with van der Waals surface area (Å²) in [5, 5.41) is 1.42. The van der Waals surface area contributed by atoms with Crippen LogP contribution in [0.25, 0.3) is 10.1 Å². The van der Waals surface area contributed by atoms with E-state index in [4.69, 9.17) is 17.3 Å². The van der Waals surface area contributed by atoms with Gasteiger partial charge < -0.3 is 10.6 Å². The standard InChI is InChI=1S/C16H19ClN2OS/c1-19(10-6-3-2-4-7-10)16(20)15-14(18)13-11(17)8-5-9-12(13)21-15/h5,8-10H,2-4,6-7,18H2,1H3. The van der Waals surface area contributed by atoms with Crippen molar-refractivity contribution < 1.29 is 4.79 Å². The lowest BCUT2D eigenvalue weighted by Crippen LogP contribution is -2.38. The van der Waals surface area contributed by atoms with Gasteiger partial charge in [-0.2, -0.15) is 0 Å². The summed E-state index contributed by atoms with van der Waals surface area (Å²) in [5.74, 6) is 0.0247. The molecule has 112 valence electrons. The fourth-order valence-corrected chi connectivity index (χ4v) is 4.55. The monoisotopic (exact) mass is 322 g/mol. The number of benzene rings is 1. The van der Waals surface area contributed by atoms with Crippen LogP contribution in [0.5, 0.6) is 0 Å². The Morgan fingerprint density at radius 2 is 2.05 bits per heavy atom. The van der Waals surface area contributed by atoms with Crippen molar-refractivity contribution in [3.8, 4) is 0 Å². The highest BCUT2D eigenvalue weighted by Crippen LogP contribution is 2.39. The van der Waals surface area contributed by atoms with Gasteiger partial charge in [-0.1, -0.05) is 36.9 Å². The first-order chi connectivity index (χ1) is 10.1. The van der Waals surface area contributed by atoms with Crippen LogP contribution in [0, 0.1) is 0 Å². The number of halogens is 1. The predicted octanol–water partition coefficient (Wildman–Crippen LogP) is 4.54. The molecule has 1 amide bonds. The Kier molecular flexibility index (Phi) is 4.09. The normalized spacial score (nSPS) is 16.3. The number of amides is 1. The minimum atomic E-state index is 0.0247. The molecule has 0 saturated heterocycles. The van der Waals surface area contributed by atoms with Crippen molar-refractivity contribution in [2.75, 3.05) is 12.8 Å². The average molecular weight is 323 g/mol. The molecule has 1 aliphatic carbocycles. The molecule has 3 rings (SSSR count). The van der Waals surface area contributed by atoms with Crippen LogP contribution in [0.15, 0.2) is 18.2 Å². The zero-order valence-corrected chi connectivity index (χ0v) is 13.6. The van der Waals surface area contributed by atoms with E-state index in [1.165, 1.54) is 30.6 Å². The SMILES string of the molecule is CN(C(=O)c1sc2cccc(Cl)c2c1N)C1CCCCC1. The van der Waals surface area contributed by atoms with E-state index >= 15 is 0 Å².